The predicted molar refractivity (Wildman–Crippen MR) is 53.2 cm³/mol. The Morgan fingerprint density at radius 1 is 1.38 bits per heavy atom. The fourth-order valence-corrected chi connectivity index (χ4v) is 1.18. The van der Waals surface area contributed by atoms with Crippen molar-refractivity contribution < 1.29 is 4.79 Å². The van der Waals surface area contributed by atoms with E-state index in [1.165, 1.54) is 5.56 Å². The molecule has 0 spiro atoms. The second-order valence-corrected chi connectivity index (χ2v) is 3.49. The summed E-state index contributed by atoms with van der Waals surface area (Å²) in [6.07, 6.45) is 0.732. The van der Waals surface area contributed by atoms with Crippen molar-refractivity contribution in [1.82, 2.24) is 0 Å². The lowest BCUT2D eigenvalue weighted by molar-refractivity contribution is -0.121. The minimum absolute atomic E-state index is 0.0808. The van der Waals surface area contributed by atoms with Crippen LogP contribution in [0.5, 0.6) is 0 Å². The lowest BCUT2D eigenvalue weighted by Gasteiger charge is -2.06. The molecule has 0 aliphatic heterocycles. The number of aryl methyl sites for hydroxylation is 1. The monoisotopic (exact) mass is 177 g/mol. The Balaban J connectivity index is 2.64. The number of hydrogen-bond acceptors (Lipinski definition) is 1. The van der Waals surface area contributed by atoms with Gasteiger partial charge in [0, 0.05) is 5.92 Å². The lowest BCUT2D eigenvalue weighted by Crippen LogP contribution is -2.22. The maximum absolute atomic E-state index is 10.8. The molecule has 0 bridgehead atoms. The van der Waals surface area contributed by atoms with Crippen LogP contribution >= 0.6 is 0 Å². The molecular weight excluding hydrogens is 162 g/mol. The Kier molecular flexibility index (Phi) is 3.07. The van der Waals surface area contributed by atoms with Gasteiger partial charge in [0.25, 0.3) is 0 Å². The van der Waals surface area contributed by atoms with Gasteiger partial charge in [-0.05, 0) is 18.9 Å². The summed E-state index contributed by atoms with van der Waals surface area (Å²) in [7, 11) is 0. The SMILES string of the molecule is Cc1ccc(C[C@@H](C)C(N)=O)cc1. The molecule has 1 aromatic rings. The van der Waals surface area contributed by atoms with E-state index in [1.54, 1.807) is 0 Å². The number of carbonyl (C=O) groups excluding carboxylic acids is 1. The van der Waals surface area contributed by atoms with Gasteiger partial charge in [0.15, 0.2) is 0 Å². The summed E-state index contributed by atoms with van der Waals surface area (Å²) < 4.78 is 0. The topological polar surface area (TPSA) is 43.1 Å². The number of carbonyl (C=O) groups is 1. The molecule has 0 aliphatic carbocycles. The molecule has 0 aliphatic rings. The Morgan fingerprint density at radius 3 is 2.38 bits per heavy atom. The molecule has 2 N–H and O–H groups in total. The first-order valence-corrected chi connectivity index (χ1v) is 4.44. The second kappa shape index (κ2) is 4.08. The van der Waals surface area contributed by atoms with Gasteiger partial charge in [0.1, 0.15) is 0 Å². The molecule has 1 rings (SSSR count). The number of benzene rings is 1. The molecule has 13 heavy (non-hydrogen) atoms. The summed E-state index contributed by atoms with van der Waals surface area (Å²) >= 11 is 0. The fraction of sp³-hybridized carbons (Fsp3) is 0.364. The molecule has 0 unspecified atom stereocenters. The van der Waals surface area contributed by atoms with Crippen LogP contribution in [0.25, 0.3) is 0 Å². The van der Waals surface area contributed by atoms with Gasteiger partial charge in [-0.3, -0.25) is 4.79 Å². The first-order valence-electron chi connectivity index (χ1n) is 4.44. The zero-order chi connectivity index (χ0) is 9.84. The molecule has 70 valence electrons. The highest BCUT2D eigenvalue weighted by molar-refractivity contribution is 5.76. The quantitative estimate of drug-likeness (QED) is 0.749. The van der Waals surface area contributed by atoms with Gasteiger partial charge in [0.05, 0.1) is 0 Å². The minimum Gasteiger partial charge on any atom is -0.369 e. The maximum atomic E-state index is 10.8. The molecule has 0 radical (unpaired) electrons. The van der Waals surface area contributed by atoms with E-state index in [9.17, 15) is 4.79 Å². The van der Waals surface area contributed by atoms with E-state index in [-0.39, 0.29) is 11.8 Å². The molecule has 0 saturated carbocycles. The van der Waals surface area contributed by atoms with E-state index in [0.29, 0.717) is 0 Å². The molecule has 1 aromatic carbocycles. The fourth-order valence-electron chi connectivity index (χ4n) is 1.18. The Hall–Kier alpha value is -1.31. The van der Waals surface area contributed by atoms with Gasteiger partial charge in [-0.15, -0.1) is 0 Å². The van der Waals surface area contributed by atoms with Crippen LogP contribution < -0.4 is 5.73 Å². The summed E-state index contributed by atoms with van der Waals surface area (Å²) in [5.41, 5.74) is 7.57. The van der Waals surface area contributed by atoms with Crippen LogP contribution in [0.1, 0.15) is 18.1 Å². The van der Waals surface area contributed by atoms with Crippen LogP contribution in [0.2, 0.25) is 0 Å². The summed E-state index contributed by atoms with van der Waals surface area (Å²) in [6.45, 7) is 3.89. The third-order valence-corrected chi connectivity index (χ3v) is 2.15. The van der Waals surface area contributed by atoms with Crippen LogP contribution in [0.15, 0.2) is 24.3 Å². The minimum atomic E-state index is -0.236. The average molecular weight is 177 g/mol. The first kappa shape index (κ1) is 9.78. The zero-order valence-electron chi connectivity index (χ0n) is 8.08. The molecule has 2 nitrogen and oxygen atoms in total. The molecule has 1 atom stereocenters. The van der Waals surface area contributed by atoms with Crippen LogP contribution in [-0.4, -0.2) is 5.91 Å². The van der Waals surface area contributed by atoms with E-state index >= 15 is 0 Å². The second-order valence-electron chi connectivity index (χ2n) is 3.49. The Morgan fingerprint density at radius 2 is 1.92 bits per heavy atom. The maximum Gasteiger partial charge on any atom is 0.220 e. The van der Waals surface area contributed by atoms with Gasteiger partial charge >= 0.3 is 0 Å². The summed E-state index contributed by atoms with van der Waals surface area (Å²) in [5, 5.41) is 0. The summed E-state index contributed by atoms with van der Waals surface area (Å²) in [5.74, 6) is -0.316. The van der Waals surface area contributed by atoms with Gasteiger partial charge in [-0.1, -0.05) is 36.8 Å². The normalized spacial score (nSPS) is 12.5. The van der Waals surface area contributed by atoms with Crippen molar-refractivity contribution in [3.05, 3.63) is 35.4 Å². The van der Waals surface area contributed by atoms with Crippen LogP contribution in [0, 0.1) is 12.8 Å². The molecule has 0 heterocycles. The van der Waals surface area contributed by atoms with E-state index in [4.69, 9.17) is 5.73 Å². The van der Waals surface area contributed by atoms with Crippen molar-refractivity contribution >= 4 is 5.91 Å². The first-order chi connectivity index (χ1) is 6.09. The van der Waals surface area contributed by atoms with E-state index in [1.807, 2.05) is 38.1 Å². The van der Waals surface area contributed by atoms with Gasteiger partial charge in [0.2, 0.25) is 5.91 Å². The third-order valence-electron chi connectivity index (χ3n) is 2.15. The molecule has 0 aromatic heterocycles. The molecular formula is C11H15NO. The van der Waals surface area contributed by atoms with E-state index in [2.05, 4.69) is 0 Å². The van der Waals surface area contributed by atoms with Crippen molar-refractivity contribution in [1.29, 1.82) is 0 Å². The number of amides is 1. The zero-order valence-corrected chi connectivity index (χ0v) is 8.08. The third kappa shape index (κ3) is 2.90. The number of rotatable bonds is 3. The Bertz CT molecular complexity index is 289. The molecule has 2 heteroatoms. The number of hydrogen-bond donors (Lipinski definition) is 1. The largest absolute Gasteiger partial charge is 0.369 e. The average Bonchev–Trinajstić information content (AvgIpc) is 2.08. The molecule has 1 amide bonds. The van der Waals surface area contributed by atoms with Crippen LogP contribution in [-0.2, 0) is 11.2 Å². The van der Waals surface area contributed by atoms with Crippen molar-refractivity contribution in [2.45, 2.75) is 20.3 Å². The lowest BCUT2D eigenvalue weighted by atomic mass is 10.00. The van der Waals surface area contributed by atoms with Gasteiger partial charge < -0.3 is 5.73 Å². The highest BCUT2D eigenvalue weighted by Crippen LogP contribution is 2.09. The van der Waals surface area contributed by atoms with Crippen molar-refractivity contribution in [3.8, 4) is 0 Å². The highest BCUT2D eigenvalue weighted by atomic mass is 16.1. The summed E-state index contributed by atoms with van der Waals surface area (Å²) in [6, 6.07) is 8.16. The number of primary amides is 1. The summed E-state index contributed by atoms with van der Waals surface area (Å²) in [4.78, 5) is 10.8. The van der Waals surface area contributed by atoms with Crippen molar-refractivity contribution in [2.75, 3.05) is 0 Å². The van der Waals surface area contributed by atoms with E-state index in [0.717, 1.165) is 12.0 Å². The van der Waals surface area contributed by atoms with Crippen molar-refractivity contribution in [2.24, 2.45) is 11.7 Å². The van der Waals surface area contributed by atoms with Gasteiger partial charge in [-0.2, -0.15) is 0 Å². The van der Waals surface area contributed by atoms with Crippen LogP contribution in [0.3, 0.4) is 0 Å². The molecule has 0 fully saturated rings. The van der Waals surface area contributed by atoms with Crippen LogP contribution in [0.4, 0.5) is 0 Å². The van der Waals surface area contributed by atoms with E-state index < -0.39 is 0 Å². The molecule has 0 saturated heterocycles. The standard InChI is InChI=1S/C11H15NO/c1-8-3-5-10(6-4-8)7-9(2)11(12)13/h3-6,9H,7H2,1-2H3,(H2,12,13)/t9-/m1/s1. The highest BCUT2D eigenvalue weighted by Gasteiger charge is 2.08. The smallest absolute Gasteiger partial charge is 0.220 e. The van der Waals surface area contributed by atoms with Gasteiger partial charge in [-0.25, -0.2) is 0 Å². The van der Waals surface area contributed by atoms with Crippen molar-refractivity contribution in [3.63, 3.8) is 0 Å². The Labute approximate surface area is 78.8 Å². The number of nitrogens with two attached hydrogens (primary N) is 1. The predicted octanol–water partition coefficient (Wildman–Crippen LogP) is 1.66.